The smallest absolute Gasteiger partial charge is 0.271 e. The van der Waals surface area contributed by atoms with Crippen molar-refractivity contribution in [2.45, 2.75) is 27.7 Å². The summed E-state index contributed by atoms with van der Waals surface area (Å²) in [6.07, 6.45) is 0. The van der Waals surface area contributed by atoms with Crippen molar-refractivity contribution in [1.82, 2.24) is 4.67 Å². The lowest BCUT2D eigenvalue weighted by molar-refractivity contribution is 0.331. The van der Waals surface area contributed by atoms with Gasteiger partial charge in [0.1, 0.15) is 0 Å². The van der Waals surface area contributed by atoms with Crippen LogP contribution in [0.2, 0.25) is 0 Å². The van der Waals surface area contributed by atoms with Gasteiger partial charge in [0, 0.05) is 13.1 Å². The van der Waals surface area contributed by atoms with Gasteiger partial charge in [0.2, 0.25) is 0 Å². The van der Waals surface area contributed by atoms with E-state index in [9.17, 15) is 4.57 Å². The molecule has 0 aliphatic carbocycles. The monoisotopic (exact) mass is 207 g/mol. The Morgan fingerprint density at radius 3 is 1.54 bits per heavy atom. The second-order valence-electron chi connectivity index (χ2n) is 4.33. The molecule has 0 amide bonds. The van der Waals surface area contributed by atoms with Gasteiger partial charge in [-0.1, -0.05) is 27.7 Å². The van der Waals surface area contributed by atoms with Crippen molar-refractivity contribution < 1.29 is 4.57 Å². The maximum Gasteiger partial charge on any atom is 0.276 e. The molecule has 0 radical (unpaired) electrons. The highest BCUT2D eigenvalue weighted by Gasteiger charge is 2.22. The maximum atomic E-state index is 11.5. The van der Waals surface area contributed by atoms with Crippen molar-refractivity contribution in [3.05, 3.63) is 0 Å². The van der Waals surface area contributed by atoms with Gasteiger partial charge in [0.25, 0.3) is 7.59 Å². The van der Waals surface area contributed by atoms with E-state index in [2.05, 4.69) is 27.7 Å². The van der Waals surface area contributed by atoms with Gasteiger partial charge in [0.15, 0.2) is 0 Å². The number of hydrogen-bond donors (Lipinski definition) is 2. The zero-order valence-corrected chi connectivity index (χ0v) is 9.92. The first-order chi connectivity index (χ1) is 5.73. The average Bonchev–Trinajstić information content (AvgIpc) is 1.81. The summed E-state index contributed by atoms with van der Waals surface area (Å²) < 4.78 is 13.2. The Morgan fingerprint density at radius 2 is 1.38 bits per heavy atom. The Bertz CT molecular complexity index is 178. The van der Waals surface area contributed by atoms with E-state index in [1.807, 2.05) is 0 Å². The van der Waals surface area contributed by atoms with Crippen LogP contribution in [0, 0.1) is 11.8 Å². The third kappa shape index (κ3) is 6.22. The van der Waals surface area contributed by atoms with Crippen LogP contribution in [-0.2, 0) is 4.57 Å². The molecule has 5 heteroatoms. The number of nitrogens with two attached hydrogens (primary N) is 2. The van der Waals surface area contributed by atoms with Gasteiger partial charge in [-0.3, -0.25) is 15.6 Å². The van der Waals surface area contributed by atoms with Crippen LogP contribution in [-0.4, -0.2) is 17.8 Å². The standard InChI is InChI=1S/C8H22N3OP/c1-7(2)5-11(6-8(3)4)13(9,10)12/h7-8H,5-6H2,1-4H3,(H4,9,10,12). The molecule has 0 bridgehead atoms. The lowest BCUT2D eigenvalue weighted by atomic mass is 10.2. The SMILES string of the molecule is CC(C)CN(CC(C)C)P(N)(N)=O. The minimum Gasteiger partial charge on any atom is -0.271 e. The lowest BCUT2D eigenvalue weighted by Gasteiger charge is -2.28. The van der Waals surface area contributed by atoms with Gasteiger partial charge in [0.05, 0.1) is 0 Å². The molecule has 13 heavy (non-hydrogen) atoms. The van der Waals surface area contributed by atoms with Crippen LogP contribution in [0.5, 0.6) is 0 Å². The van der Waals surface area contributed by atoms with Crippen LogP contribution in [0.4, 0.5) is 0 Å². The van der Waals surface area contributed by atoms with Gasteiger partial charge >= 0.3 is 0 Å². The Balaban J connectivity index is 4.29. The second-order valence-corrected chi connectivity index (χ2v) is 6.24. The van der Waals surface area contributed by atoms with Crippen molar-refractivity contribution in [1.29, 1.82) is 0 Å². The van der Waals surface area contributed by atoms with Gasteiger partial charge < -0.3 is 0 Å². The lowest BCUT2D eigenvalue weighted by Crippen LogP contribution is -2.34. The van der Waals surface area contributed by atoms with Crippen molar-refractivity contribution in [2.75, 3.05) is 13.1 Å². The molecule has 0 atom stereocenters. The van der Waals surface area contributed by atoms with Gasteiger partial charge in [-0.2, -0.15) is 0 Å². The molecule has 4 nitrogen and oxygen atoms in total. The molecule has 0 aliphatic heterocycles. The van der Waals surface area contributed by atoms with E-state index < -0.39 is 7.59 Å². The Hall–Kier alpha value is 0.110. The van der Waals surface area contributed by atoms with Gasteiger partial charge in [-0.05, 0) is 11.8 Å². The highest BCUT2D eigenvalue weighted by molar-refractivity contribution is 7.56. The van der Waals surface area contributed by atoms with E-state index in [4.69, 9.17) is 11.0 Å². The highest BCUT2D eigenvalue weighted by Crippen LogP contribution is 2.32. The summed E-state index contributed by atoms with van der Waals surface area (Å²) in [5.74, 6) is 0.860. The van der Waals surface area contributed by atoms with Gasteiger partial charge in [-0.15, -0.1) is 0 Å². The van der Waals surface area contributed by atoms with Crippen molar-refractivity contribution >= 4 is 7.59 Å². The van der Waals surface area contributed by atoms with Crippen LogP contribution in [0.3, 0.4) is 0 Å². The molecule has 0 saturated heterocycles. The molecular formula is C8H22N3OP. The van der Waals surface area contributed by atoms with Crippen LogP contribution in [0.25, 0.3) is 0 Å². The molecule has 0 aromatic heterocycles. The van der Waals surface area contributed by atoms with E-state index >= 15 is 0 Å². The highest BCUT2D eigenvalue weighted by atomic mass is 31.2. The number of rotatable bonds is 5. The molecule has 0 aliphatic rings. The fraction of sp³-hybridized carbons (Fsp3) is 1.00. The normalized spacial score (nSPS) is 13.3. The molecule has 0 fully saturated rings. The molecule has 0 saturated carbocycles. The summed E-state index contributed by atoms with van der Waals surface area (Å²) in [6.45, 7) is 9.63. The quantitative estimate of drug-likeness (QED) is 0.672. The van der Waals surface area contributed by atoms with E-state index in [-0.39, 0.29) is 0 Å². The fourth-order valence-electron chi connectivity index (χ4n) is 1.17. The minimum atomic E-state index is -3.05. The summed E-state index contributed by atoms with van der Waals surface area (Å²) in [4.78, 5) is 0. The largest absolute Gasteiger partial charge is 0.276 e. The second kappa shape index (κ2) is 5.11. The summed E-state index contributed by atoms with van der Waals surface area (Å²) in [5.41, 5.74) is 10.9. The molecule has 4 N–H and O–H groups in total. The summed E-state index contributed by atoms with van der Waals surface area (Å²) in [5, 5.41) is 0. The summed E-state index contributed by atoms with van der Waals surface area (Å²) in [6, 6.07) is 0. The summed E-state index contributed by atoms with van der Waals surface area (Å²) in [7, 11) is -3.05. The predicted molar refractivity (Wildman–Crippen MR) is 57.2 cm³/mol. The van der Waals surface area contributed by atoms with Crippen molar-refractivity contribution in [3.63, 3.8) is 0 Å². The zero-order chi connectivity index (χ0) is 10.6. The van der Waals surface area contributed by atoms with E-state index in [0.29, 0.717) is 24.9 Å². The molecule has 80 valence electrons. The van der Waals surface area contributed by atoms with Crippen LogP contribution < -0.4 is 11.0 Å². The van der Waals surface area contributed by atoms with Crippen LogP contribution in [0.15, 0.2) is 0 Å². The van der Waals surface area contributed by atoms with Crippen LogP contribution in [0.1, 0.15) is 27.7 Å². The van der Waals surface area contributed by atoms with E-state index in [0.717, 1.165) is 0 Å². The Kier molecular flexibility index (Phi) is 5.15. The van der Waals surface area contributed by atoms with Crippen molar-refractivity contribution in [3.8, 4) is 0 Å². The first kappa shape index (κ1) is 13.1. The fourth-order valence-corrected chi connectivity index (χ4v) is 2.34. The molecule has 0 aromatic rings. The third-order valence-electron chi connectivity index (χ3n) is 1.59. The Labute approximate surface area is 81.2 Å². The first-order valence-electron chi connectivity index (χ1n) is 4.66. The first-order valence-corrected chi connectivity index (χ1v) is 6.46. The van der Waals surface area contributed by atoms with Crippen LogP contribution >= 0.6 is 7.59 Å². The predicted octanol–water partition coefficient (Wildman–Crippen LogP) is 1.63. The summed E-state index contributed by atoms with van der Waals surface area (Å²) >= 11 is 0. The molecule has 0 aromatic carbocycles. The van der Waals surface area contributed by atoms with Crippen molar-refractivity contribution in [2.24, 2.45) is 22.8 Å². The van der Waals surface area contributed by atoms with E-state index in [1.165, 1.54) is 0 Å². The van der Waals surface area contributed by atoms with E-state index in [1.54, 1.807) is 4.67 Å². The third-order valence-corrected chi connectivity index (χ3v) is 2.80. The molecule has 0 spiro atoms. The number of nitrogens with zero attached hydrogens (tertiary/aromatic N) is 1. The molecular weight excluding hydrogens is 185 g/mol. The Morgan fingerprint density at radius 1 is 1.08 bits per heavy atom. The topological polar surface area (TPSA) is 72.3 Å². The zero-order valence-electron chi connectivity index (χ0n) is 9.03. The maximum absolute atomic E-state index is 11.5. The minimum absolute atomic E-state index is 0.430. The van der Waals surface area contributed by atoms with Gasteiger partial charge in [-0.25, -0.2) is 4.67 Å². The molecule has 0 rings (SSSR count). The number of hydrogen-bond acceptors (Lipinski definition) is 1. The molecule has 0 heterocycles. The molecule has 0 unspecified atom stereocenters. The average molecular weight is 207 g/mol.